The molecule has 4 nitrogen and oxygen atoms in total. The summed E-state index contributed by atoms with van der Waals surface area (Å²) in [6.07, 6.45) is 2.80. The van der Waals surface area contributed by atoms with Crippen molar-refractivity contribution < 1.29 is 9.47 Å². The Bertz CT molecular complexity index is 392. The zero-order chi connectivity index (χ0) is 14.2. The van der Waals surface area contributed by atoms with Gasteiger partial charge in [-0.25, -0.2) is 0 Å². The van der Waals surface area contributed by atoms with Crippen molar-refractivity contribution in [2.24, 2.45) is 0 Å². The monoisotopic (exact) mass is 278 g/mol. The van der Waals surface area contributed by atoms with E-state index in [0.717, 1.165) is 32.0 Å². The molecule has 1 aliphatic rings. The number of ether oxygens (including phenoxy) is 2. The molecule has 1 saturated heterocycles. The fourth-order valence-electron chi connectivity index (χ4n) is 2.52. The molecule has 2 rings (SSSR count). The van der Waals surface area contributed by atoms with Crippen LogP contribution in [0.4, 0.5) is 0 Å². The lowest BCUT2D eigenvalue weighted by molar-refractivity contribution is 0.0771. The highest BCUT2D eigenvalue weighted by atomic mass is 16.5. The van der Waals surface area contributed by atoms with Crippen molar-refractivity contribution in [2.45, 2.75) is 25.5 Å². The molecule has 4 heteroatoms. The molecule has 0 saturated carbocycles. The van der Waals surface area contributed by atoms with E-state index in [9.17, 15) is 0 Å². The Morgan fingerprint density at radius 2 is 2.25 bits per heavy atom. The summed E-state index contributed by atoms with van der Waals surface area (Å²) in [7, 11) is 4.08. The number of hydrogen-bond acceptors (Lipinski definition) is 4. The van der Waals surface area contributed by atoms with Gasteiger partial charge in [-0.15, -0.1) is 0 Å². The summed E-state index contributed by atoms with van der Waals surface area (Å²) in [5.41, 5.74) is 1.21. The van der Waals surface area contributed by atoms with E-state index in [0.29, 0.717) is 12.7 Å². The molecule has 1 unspecified atom stereocenters. The summed E-state index contributed by atoms with van der Waals surface area (Å²) in [4.78, 5) is 2.29. The minimum atomic E-state index is 0.413. The highest BCUT2D eigenvalue weighted by Crippen LogP contribution is 2.17. The lowest BCUT2D eigenvalue weighted by Gasteiger charge is -2.21. The summed E-state index contributed by atoms with van der Waals surface area (Å²) in [5.74, 6) is 0.979. The summed E-state index contributed by atoms with van der Waals surface area (Å²) in [5, 5.41) is 3.16. The second kappa shape index (κ2) is 8.25. The minimum Gasteiger partial charge on any atom is -0.492 e. The normalized spacial score (nSPS) is 18.6. The van der Waals surface area contributed by atoms with Gasteiger partial charge in [0.15, 0.2) is 0 Å². The molecule has 0 bridgehead atoms. The number of hydrogen-bond donors (Lipinski definition) is 1. The van der Waals surface area contributed by atoms with Crippen molar-refractivity contribution in [3.8, 4) is 5.75 Å². The van der Waals surface area contributed by atoms with Crippen LogP contribution in [0.3, 0.4) is 0 Å². The van der Waals surface area contributed by atoms with E-state index < -0.39 is 0 Å². The molecule has 112 valence electrons. The number of likely N-dealkylation sites (N-methyl/N-ethyl adjacent to an activating group) is 1. The Hall–Kier alpha value is -1.10. The second-order valence-corrected chi connectivity index (χ2v) is 5.38. The molecule has 0 aromatic heterocycles. The zero-order valence-corrected chi connectivity index (χ0v) is 12.6. The Morgan fingerprint density at radius 3 is 3.00 bits per heavy atom. The molecule has 0 amide bonds. The summed E-state index contributed by atoms with van der Waals surface area (Å²) in [6.45, 7) is 4.40. The van der Waals surface area contributed by atoms with E-state index in [-0.39, 0.29) is 0 Å². The summed E-state index contributed by atoms with van der Waals surface area (Å²) < 4.78 is 11.6. The van der Waals surface area contributed by atoms with Crippen LogP contribution in [-0.2, 0) is 11.3 Å². The van der Waals surface area contributed by atoms with Crippen LogP contribution in [0.25, 0.3) is 0 Å². The molecule has 1 aliphatic heterocycles. The molecule has 1 aromatic carbocycles. The van der Waals surface area contributed by atoms with Crippen molar-refractivity contribution in [1.29, 1.82) is 0 Å². The SMILES string of the molecule is CNCc1ccccc1OCCN(C)CC1CCCO1. The van der Waals surface area contributed by atoms with Crippen LogP contribution in [0.15, 0.2) is 24.3 Å². The fraction of sp³-hybridized carbons (Fsp3) is 0.625. The number of benzene rings is 1. The van der Waals surface area contributed by atoms with Gasteiger partial charge in [-0.05, 0) is 33.0 Å². The molecule has 1 atom stereocenters. The van der Waals surface area contributed by atoms with Crippen molar-refractivity contribution >= 4 is 0 Å². The van der Waals surface area contributed by atoms with Gasteiger partial charge >= 0.3 is 0 Å². The van der Waals surface area contributed by atoms with Gasteiger partial charge in [0, 0.05) is 31.8 Å². The molecular formula is C16H26N2O2. The molecule has 1 heterocycles. The predicted molar refractivity (Wildman–Crippen MR) is 81.2 cm³/mol. The van der Waals surface area contributed by atoms with E-state index in [1.165, 1.54) is 18.4 Å². The Balaban J connectivity index is 1.71. The van der Waals surface area contributed by atoms with E-state index in [1.54, 1.807) is 0 Å². The molecular weight excluding hydrogens is 252 g/mol. The molecule has 20 heavy (non-hydrogen) atoms. The van der Waals surface area contributed by atoms with Crippen LogP contribution in [0, 0.1) is 0 Å². The number of para-hydroxylation sites is 1. The van der Waals surface area contributed by atoms with Gasteiger partial charge in [0.05, 0.1) is 6.10 Å². The van der Waals surface area contributed by atoms with Gasteiger partial charge in [-0.1, -0.05) is 18.2 Å². The van der Waals surface area contributed by atoms with Gasteiger partial charge in [0.2, 0.25) is 0 Å². The maximum absolute atomic E-state index is 5.90. The lowest BCUT2D eigenvalue weighted by Crippen LogP contribution is -2.32. The van der Waals surface area contributed by atoms with Gasteiger partial charge in [0.25, 0.3) is 0 Å². The van der Waals surface area contributed by atoms with E-state index in [1.807, 2.05) is 25.2 Å². The van der Waals surface area contributed by atoms with Gasteiger partial charge in [0.1, 0.15) is 12.4 Å². The summed E-state index contributed by atoms with van der Waals surface area (Å²) >= 11 is 0. The number of nitrogens with one attached hydrogen (secondary N) is 1. The zero-order valence-electron chi connectivity index (χ0n) is 12.6. The molecule has 1 aromatic rings. The van der Waals surface area contributed by atoms with E-state index in [4.69, 9.17) is 9.47 Å². The third-order valence-electron chi connectivity index (χ3n) is 3.61. The van der Waals surface area contributed by atoms with Crippen LogP contribution >= 0.6 is 0 Å². The van der Waals surface area contributed by atoms with Crippen molar-refractivity contribution in [3.63, 3.8) is 0 Å². The molecule has 1 N–H and O–H groups in total. The topological polar surface area (TPSA) is 33.7 Å². The number of nitrogens with zero attached hydrogens (tertiary/aromatic N) is 1. The van der Waals surface area contributed by atoms with Crippen molar-refractivity contribution in [1.82, 2.24) is 10.2 Å². The van der Waals surface area contributed by atoms with Crippen LogP contribution < -0.4 is 10.1 Å². The third-order valence-corrected chi connectivity index (χ3v) is 3.61. The molecule has 0 radical (unpaired) electrons. The average molecular weight is 278 g/mol. The maximum Gasteiger partial charge on any atom is 0.123 e. The average Bonchev–Trinajstić information content (AvgIpc) is 2.94. The first-order valence-electron chi connectivity index (χ1n) is 7.45. The first kappa shape index (κ1) is 15.3. The fourth-order valence-corrected chi connectivity index (χ4v) is 2.52. The largest absolute Gasteiger partial charge is 0.492 e. The van der Waals surface area contributed by atoms with Crippen LogP contribution in [0.1, 0.15) is 18.4 Å². The lowest BCUT2D eigenvalue weighted by atomic mass is 10.2. The predicted octanol–water partition coefficient (Wildman–Crippen LogP) is 1.90. The summed E-state index contributed by atoms with van der Waals surface area (Å²) in [6, 6.07) is 8.20. The standard InChI is InChI=1S/C16H26N2O2/c1-17-12-14-6-3-4-8-16(14)20-11-9-18(2)13-15-7-5-10-19-15/h3-4,6,8,15,17H,5,7,9-13H2,1-2H3. The Labute approximate surface area is 122 Å². The Kier molecular flexibility index (Phi) is 6.30. The van der Waals surface area contributed by atoms with Gasteiger partial charge in [-0.2, -0.15) is 0 Å². The molecule has 0 spiro atoms. The van der Waals surface area contributed by atoms with Crippen molar-refractivity contribution in [2.75, 3.05) is 40.4 Å². The quantitative estimate of drug-likeness (QED) is 0.787. The highest BCUT2D eigenvalue weighted by molar-refractivity contribution is 5.33. The Morgan fingerprint density at radius 1 is 1.40 bits per heavy atom. The van der Waals surface area contributed by atoms with E-state index in [2.05, 4.69) is 23.3 Å². The first-order valence-corrected chi connectivity index (χ1v) is 7.45. The van der Waals surface area contributed by atoms with E-state index >= 15 is 0 Å². The third kappa shape index (κ3) is 4.78. The van der Waals surface area contributed by atoms with Crippen LogP contribution in [0.2, 0.25) is 0 Å². The molecule has 0 aliphatic carbocycles. The number of rotatable bonds is 8. The second-order valence-electron chi connectivity index (χ2n) is 5.38. The van der Waals surface area contributed by atoms with Gasteiger partial charge < -0.3 is 19.7 Å². The van der Waals surface area contributed by atoms with Crippen LogP contribution in [0.5, 0.6) is 5.75 Å². The van der Waals surface area contributed by atoms with Crippen molar-refractivity contribution in [3.05, 3.63) is 29.8 Å². The minimum absolute atomic E-state index is 0.413. The highest BCUT2D eigenvalue weighted by Gasteiger charge is 2.17. The maximum atomic E-state index is 5.90. The molecule has 1 fully saturated rings. The van der Waals surface area contributed by atoms with Crippen LogP contribution in [-0.4, -0.2) is 51.4 Å². The van der Waals surface area contributed by atoms with Gasteiger partial charge in [-0.3, -0.25) is 0 Å². The smallest absolute Gasteiger partial charge is 0.123 e. The first-order chi connectivity index (χ1) is 9.79.